The molecular formula is C23H25BF3NO3. The molecule has 1 aliphatic rings. The molecule has 3 rings (SSSR count). The van der Waals surface area contributed by atoms with Crippen LogP contribution in [0, 0.1) is 0 Å². The highest BCUT2D eigenvalue weighted by molar-refractivity contribution is 6.62. The van der Waals surface area contributed by atoms with Gasteiger partial charge in [-0.2, -0.15) is 13.2 Å². The number of hydrogen-bond donors (Lipinski definition) is 1. The average Bonchev–Trinajstić information content (AvgIpc) is 2.92. The Balaban J connectivity index is 1.53. The van der Waals surface area contributed by atoms with E-state index >= 15 is 0 Å². The number of halogens is 3. The molecule has 1 aliphatic heterocycles. The van der Waals surface area contributed by atoms with Gasteiger partial charge in [0, 0.05) is 12.6 Å². The molecule has 0 spiro atoms. The zero-order valence-corrected chi connectivity index (χ0v) is 17.9. The van der Waals surface area contributed by atoms with Crippen LogP contribution in [-0.2, 0) is 26.8 Å². The number of nitrogens with one attached hydrogen (secondary N) is 1. The summed E-state index contributed by atoms with van der Waals surface area (Å²) in [4.78, 5) is 12.0. The van der Waals surface area contributed by atoms with Crippen LogP contribution < -0.4 is 10.8 Å². The molecule has 2 aromatic rings. The van der Waals surface area contributed by atoms with Crippen molar-refractivity contribution in [1.82, 2.24) is 5.32 Å². The molecule has 0 atom stereocenters. The molecule has 1 N–H and O–H groups in total. The summed E-state index contributed by atoms with van der Waals surface area (Å²) < 4.78 is 49.8. The highest BCUT2D eigenvalue weighted by Gasteiger charge is 2.51. The number of benzene rings is 2. The van der Waals surface area contributed by atoms with Crippen molar-refractivity contribution in [2.24, 2.45) is 0 Å². The second-order valence-corrected chi connectivity index (χ2v) is 8.50. The summed E-state index contributed by atoms with van der Waals surface area (Å²) in [5.41, 5.74) is 0.753. The lowest BCUT2D eigenvalue weighted by Crippen LogP contribution is -2.41. The summed E-state index contributed by atoms with van der Waals surface area (Å²) in [6, 6.07) is 12.2. The van der Waals surface area contributed by atoms with E-state index in [1.807, 2.05) is 52.0 Å². The van der Waals surface area contributed by atoms with Crippen molar-refractivity contribution < 1.29 is 27.3 Å². The summed E-state index contributed by atoms with van der Waals surface area (Å²) in [6.45, 7) is 8.11. The lowest BCUT2D eigenvalue weighted by Gasteiger charge is -2.32. The number of amides is 1. The van der Waals surface area contributed by atoms with Crippen molar-refractivity contribution >= 4 is 24.6 Å². The smallest absolute Gasteiger partial charge is 0.399 e. The zero-order valence-electron chi connectivity index (χ0n) is 17.9. The molecule has 164 valence electrons. The van der Waals surface area contributed by atoms with E-state index in [1.54, 1.807) is 6.08 Å². The van der Waals surface area contributed by atoms with Gasteiger partial charge in [-0.1, -0.05) is 36.4 Å². The fourth-order valence-corrected chi connectivity index (χ4v) is 2.97. The monoisotopic (exact) mass is 431 g/mol. The second kappa shape index (κ2) is 8.51. The molecule has 0 bridgehead atoms. The van der Waals surface area contributed by atoms with Crippen molar-refractivity contribution in [3.8, 4) is 0 Å². The van der Waals surface area contributed by atoms with E-state index in [4.69, 9.17) is 9.31 Å². The molecule has 0 unspecified atom stereocenters. The Labute approximate surface area is 180 Å². The molecule has 4 nitrogen and oxygen atoms in total. The SMILES string of the molecule is CC1(C)OB(c2ccc(/C=C/C(=O)NCc3ccc(C(F)(F)F)cc3)cc2)OC1(C)C. The minimum Gasteiger partial charge on any atom is -0.399 e. The van der Waals surface area contributed by atoms with Crippen LogP contribution in [0.1, 0.15) is 44.4 Å². The summed E-state index contributed by atoms with van der Waals surface area (Å²) in [7, 11) is -0.449. The molecule has 8 heteroatoms. The standard InChI is InChI=1S/C23H25BF3NO3/c1-21(2)22(3,4)31-24(30-21)19-12-7-16(8-13-19)9-14-20(29)28-15-17-5-10-18(11-6-17)23(25,26)27/h5-14H,15H2,1-4H3,(H,28,29)/b14-9+. The maximum Gasteiger partial charge on any atom is 0.494 e. The molecule has 0 saturated carbocycles. The zero-order chi connectivity index (χ0) is 22.9. The van der Waals surface area contributed by atoms with Gasteiger partial charge in [-0.05, 0) is 62.5 Å². The lowest BCUT2D eigenvalue weighted by molar-refractivity contribution is -0.137. The first-order chi connectivity index (χ1) is 14.4. The number of carbonyl (C=O) groups is 1. The normalized spacial score (nSPS) is 17.8. The summed E-state index contributed by atoms with van der Waals surface area (Å²) >= 11 is 0. The predicted molar refractivity (Wildman–Crippen MR) is 114 cm³/mol. The molecule has 1 amide bonds. The maximum atomic E-state index is 12.6. The number of alkyl halides is 3. The van der Waals surface area contributed by atoms with Gasteiger partial charge in [0.1, 0.15) is 0 Å². The highest BCUT2D eigenvalue weighted by atomic mass is 19.4. The van der Waals surface area contributed by atoms with Crippen LogP contribution in [0.4, 0.5) is 13.2 Å². The van der Waals surface area contributed by atoms with E-state index in [9.17, 15) is 18.0 Å². The minimum absolute atomic E-state index is 0.141. The first-order valence-corrected chi connectivity index (χ1v) is 9.95. The Morgan fingerprint density at radius 2 is 1.52 bits per heavy atom. The van der Waals surface area contributed by atoms with Gasteiger partial charge in [0.2, 0.25) is 5.91 Å². The van der Waals surface area contributed by atoms with Crippen LogP contribution >= 0.6 is 0 Å². The third-order valence-electron chi connectivity index (χ3n) is 5.64. The Kier molecular flexibility index (Phi) is 6.34. The largest absolute Gasteiger partial charge is 0.494 e. The maximum absolute atomic E-state index is 12.6. The molecule has 31 heavy (non-hydrogen) atoms. The summed E-state index contributed by atoms with van der Waals surface area (Å²) in [5.74, 6) is -0.338. The van der Waals surface area contributed by atoms with Crippen molar-refractivity contribution in [2.75, 3.05) is 0 Å². The van der Waals surface area contributed by atoms with E-state index < -0.39 is 30.1 Å². The third-order valence-corrected chi connectivity index (χ3v) is 5.64. The van der Waals surface area contributed by atoms with Crippen LogP contribution in [0.2, 0.25) is 0 Å². The predicted octanol–water partition coefficient (Wildman–Crippen LogP) is 4.33. The quantitative estimate of drug-likeness (QED) is 0.566. The third kappa shape index (κ3) is 5.57. The molecule has 0 aromatic heterocycles. The molecule has 1 saturated heterocycles. The van der Waals surface area contributed by atoms with Crippen LogP contribution in [0.25, 0.3) is 6.08 Å². The van der Waals surface area contributed by atoms with Gasteiger partial charge in [-0.3, -0.25) is 4.79 Å². The van der Waals surface area contributed by atoms with E-state index in [2.05, 4.69) is 5.32 Å². The molecular weight excluding hydrogens is 406 g/mol. The fraction of sp³-hybridized carbons (Fsp3) is 0.348. The molecule has 1 fully saturated rings. The van der Waals surface area contributed by atoms with E-state index in [0.29, 0.717) is 5.56 Å². The summed E-state index contributed by atoms with van der Waals surface area (Å²) in [6.07, 6.45) is -1.33. The van der Waals surface area contributed by atoms with Gasteiger partial charge in [0.05, 0.1) is 16.8 Å². The van der Waals surface area contributed by atoms with Gasteiger partial charge in [-0.25, -0.2) is 0 Å². The molecule has 0 radical (unpaired) electrons. The van der Waals surface area contributed by atoms with Crippen molar-refractivity contribution in [2.45, 2.75) is 51.6 Å². The second-order valence-electron chi connectivity index (χ2n) is 8.50. The van der Waals surface area contributed by atoms with Gasteiger partial charge < -0.3 is 14.6 Å². The van der Waals surface area contributed by atoms with Gasteiger partial charge in [-0.15, -0.1) is 0 Å². The van der Waals surface area contributed by atoms with Gasteiger partial charge in [0.15, 0.2) is 0 Å². The van der Waals surface area contributed by atoms with Crippen LogP contribution in [-0.4, -0.2) is 24.2 Å². The number of carbonyl (C=O) groups excluding carboxylic acids is 1. The van der Waals surface area contributed by atoms with E-state index in [1.165, 1.54) is 18.2 Å². The Hall–Kier alpha value is -2.58. The van der Waals surface area contributed by atoms with Crippen molar-refractivity contribution in [3.63, 3.8) is 0 Å². The van der Waals surface area contributed by atoms with Crippen LogP contribution in [0.3, 0.4) is 0 Å². The van der Waals surface area contributed by atoms with Crippen molar-refractivity contribution in [1.29, 1.82) is 0 Å². The Bertz CT molecular complexity index is 936. The van der Waals surface area contributed by atoms with Gasteiger partial charge >= 0.3 is 13.3 Å². The number of rotatable bonds is 5. The Morgan fingerprint density at radius 3 is 2.03 bits per heavy atom. The topological polar surface area (TPSA) is 47.6 Å². The number of hydrogen-bond acceptors (Lipinski definition) is 3. The molecule has 1 heterocycles. The Morgan fingerprint density at radius 1 is 0.968 bits per heavy atom. The first-order valence-electron chi connectivity index (χ1n) is 9.95. The highest BCUT2D eigenvalue weighted by Crippen LogP contribution is 2.36. The van der Waals surface area contributed by atoms with E-state index in [0.717, 1.165) is 23.2 Å². The minimum atomic E-state index is -4.37. The van der Waals surface area contributed by atoms with Crippen molar-refractivity contribution in [3.05, 3.63) is 71.3 Å². The molecule has 0 aliphatic carbocycles. The lowest BCUT2D eigenvalue weighted by atomic mass is 9.79. The molecule has 2 aromatic carbocycles. The van der Waals surface area contributed by atoms with E-state index in [-0.39, 0.29) is 12.5 Å². The fourth-order valence-electron chi connectivity index (χ4n) is 2.97. The van der Waals surface area contributed by atoms with Crippen LogP contribution in [0.15, 0.2) is 54.6 Å². The summed E-state index contributed by atoms with van der Waals surface area (Å²) in [5, 5.41) is 2.65. The average molecular weight is 431 g/mol. The first kappa shape index (κ1) is 23.1. The van der Waals surface area contributed by atoms with Crippen LogP contribution in [0.5, 0.6) is 0 Å². The van der Waals surface area contributed by atoms with Gasteiger partial charge in [0.25, 0.3) is 0 Å².